The highest BCUT2D eigenvalue weighted by atomic mass is 16.6. The van der Waals surface area contributed by atoms with Crippen LogP contribution in [-0.4, -0.2) is 29.2 Å². The van der Waals surface area contributed by atoms with Crippen LogP contribution in [-0.2, 0) is 16.1 Å². The Labute approximate surface area is 181 Å². The second kappa shape index (κ2) is 9.92. The highest BCUT2D eigenvalue weighted by Crippen LogP contribution is 2.32. The van der Waals surface area contributed by atoms with E-state index in [4.69, 9.17) is 14.2 Å². The molecule has 2 aromatic rings. The number of esters is 1. The van der Waals surface area contributed by atoms with E-state index in [1.807, 2.05) is 30.3 Å². The van der Waals surface area contributed by atoms with Crippen molar-refractivity contribution in [1.82, 2.24) is 0 Å². The van der Waals surface area contributed by atoms with Crippen molar-refractivity contribution in [2.24, 2.45) is 0 Å². The van der Waals surface area contributed by atoms with Gasteiger partial charge in [0.05, 0.1) is 23.7 Å². The average molecular weight is 425 g/mol. The van der Waals surface area contributed by atoms with Crippen molar-refractivity contribution >= 4 is 11.7 Å². The number of benzene rings is 2. The lowest BCUT2D eigenvalue weighted by Gasteiger charge is -2.22. The van der Waals surface area contributed by atoms with Gasteiger partial charge in [0.25, 0.3) is 5.69 Å². The van der Waals surface area contributed by atoms with Crippen molar-refractivity contribution in [2.45, 2.75) is 69.9 Å². The van der Waals surface area contributed by atoms with Gasteiger partial charge < -0.3 is 14.2 Å². The first kappa shape index (κ1) is 21.3. The standard InChI is InChI=1S/C24H27NO6/c26-24(31-18-9-4-5-10-18)20-14-13-19(15-21(20)25(27)28)30-23-12-6-11-22(23)29-16-17-7-2-1-3-8-17/h1-3,7-8,13-15,18,22-23H,4-6,9-12,16H2. The Balaban J connectivity index is 1.42. The molecule has 2 unspecified atom stereocenters. The van der Waals surface area contributed by atoms with E-state index in [-0.39, 0.29) is 29.6 Å². The third-order valence-corrected chi connectivity index (χ3v) is 5.95. The molecule has 2 atom stereocenters. The van der Waals surface area contributed by atoms with Crippen molar-refractivity contribution in [3.05, 3.63) is 69.8 Å². The van der Waals surface area contributed by atoms with Gasteiger partial charge in [0.2, 0.25) is 0 Å². The van der Waals surface area contributed by atoms with E-state index >= 15 is 0 Å². The van der Waals surface area contributed by atoms with E-state index in [1.165, 1.54) is 12.1 Å². The van der Waals surface area contributed by atoms with Gasteiger partial charge >= 0.3 is 5.97 Å². The molecule has 0 saturated heterocycles. The van der Waals surface area contributed by atoms with Gasteiger partial charge in [-0.3, -0.25) is 10.1 Å². The zero-order valence-corrected chi connectivity index (χ0v) is 17.4. The smallest absolute Gasteiger partial charge is 0.345 e. The van der Waals surface area contributed by atoms with Crippen molar-refractivity contribution in [1.29, 1.82) is 0 Å². The number of ether oxygens (including phenoxy) is 3. The van der Waals surface area contributed by atoms with Gasteiger partial charge in [0, 0.05) is 0 Å². The molecule has 2 fully saturated rings. The summed E-state index contributed by atoms with van der Waals surface area (Å²) in [6.45, 7) is 0.497. The lowest BCUT2D eigenvalue weighted by Crippen LogP contribution is -2.28. The predicted molar refractivity (Wildman–Crippen MR) is 114 cm³/mol. The molecule has 2 aliphatic rings. The summed E-state index contributed by atoms with van der Waals surface area (Å²) in [5, 5.41) is 11.6. The second-order valence-electron chi connectivity index (χ2n) is 8.17. The highest BCUT2D eigenvalue weighted by Gasteiger charge is 2.31. The number of hydrogen-bond donors (Lipinski definition) is 0. The molecule has 0 aromatic heterocycles. The highest BCUT2D eigenvalue weighted by molar-refractivity contribution is 5.94. The predicted octanol–water partition coefficient (Wildman–Crippen LogP) is 5.21. The largest absolute Gasteiger partial charge is 0.487 e. The Kier molecular flexibility index (Phi) is 6.82. The summed E-state index contributed by atoms with van der Waals surface area (Å²) in [6.07, 6.45) is 5.92. The van der Waals surface area contributed by atoms with Gasteiger partial charge in [-0.15, -0.1) is 0 Å². The number of rotatable bonds is 8. The molecule has 0 bridgehead atoms. The quantitative estimate of drug-likeness (QED) is 0.328. The molecular formula is C24H27NO6. The van der Waals surface area contributed by atoms with Crippen LogP contribution in [0.5, 0.6) is 5.75 Å². The van der Waals surface area contributed by atoms with Crippen molar-refractivity contribution in [3.8, 4) is 5.75 Å². The molecule has 0 N–H and O–H groups in total. The van der Waals surface area contributed by atoms with E-state index < -0.39 is 10.9 Å². The zero-order valence-electron chi connectivity index (χ0n) is 17.4. The van der Waals surface area contributed by atoms with E-state index in [1.54, 1.807) is 6.07 Å². The van der Waals surface area contributed by atoms with Crippen molar-refractivity contribution in [2.75, 3.05) is 0 Å². The maximum atomic E-state index is 12.5. The Morgan fingerprint density at radius 1 is 0.968 bits per heavy atom. The van der Waals surface area contributed by atoms with Gasteiger partial charge in [0.1, 0.15) is 23.5 Å². The molecule has 0 spiro atoms. The monoisotopic (exact) mass is 425 g/mol. The molecule has 7 nitrogen and oxygen atoms in total. The van der Waals surface area contributed by atoms with Crippen molar-refractivity contribution < 1.29 is 23.9 Å². The van der Waals surface area contributed by atoms with Crippen LogP contribution < -0.4 is 4.74 Å². The third kappa shape index (κ3) is 5.41. The Bertz CT molecular complexity index is 910. The molecule has 0 heterocycles. The summed E-state index contributed by atoms with van der Waals surface area (Å²) in [5.41, 5.74) is 0.765. The third-order valence-electron chi connectivity index (χ3n) is 5.95. The van der Waals surface area contributed by atoms with E-state index in [2.05, 4.69) is 0 Å². The van der Waals surface area contributed by atoms with Crippen LogP contribution in [0.1, 0.15) is 60.9 Å². The van der Waals surface area contributed by atoms with Gasteiger partial charge in [-0.25, -0.2) is 4.79 Å². The molecule has 164 valence electrons. The topological polar surface area (TPSA) is 87.9 Å². The summed E-state index contributed by atoms with van der Waals surface area (Å²) in [6, 6.07) is 14.3. The summed E-state index contributed by atoms with van der Waals surface area (Å²) < 4.78 is 17.6. The maximum absolute atomic E-state index is 12.5. The summed E-state index contributed by atoms with van der Waals surface area (Å²) in [5.74, 6) is -0.278. The van der Waals surface area contributed by atoms with Crippen LogP contribution in [0.4, 0.5) is 5.69 Å². The number of hydrogen-bond acceptors (Lipinski definition) is 6. The van der Waals surface area contributed by atoms with E-state index in [0.717, 1.165) is 50.5 Å². The van der Waals surface area contributed by atoms with Gasteiger partial charge in [-0.2, -0.15) is 0 Å². The summed E-state index contributed by atoms with van der Waals surface area (Å²) in [4.78, 5) is 23.5. The minimum absolute atomic E-state index is 0.0347. The molecule has 7 heteroatoms. The number of nitro benzene ring substituents is 1. The van der Waals surface area contributed by atoms with Gasteiger partial charge in [-0.1, -0.05) is 30.3 Å². The number of nitro groups is 1. The maximum Gasteiger partial charge on any atom is 0.345 e. The fraction of sp³-hybridized carbons (Fsp3) is 0.458. The number of carbonyl (C=O) groups excluding carboxylic acids is 1. The van der Waals surface area contributed by atoms with Crippen LogP contribution in [0.3, 0.4) is 0 Å². The molecule has 0 radical (unpaired) electrons. The Morgan fingerprint density at radius 3 is 2.45 bits per heavy atom. The van der Waals surface area contributed by atoms with E-state index in [0.29, 0.717) is 12.4 Å². The number of carbonyl (C=O) groups is 1. The fourth-order valence-electron chi connectivity index (χ4n) is 4.30. The van der Waals surface area contributed by atoms with Crippen LogP contribution in [0.15, 0.2) is 48.5 Å². The Morgan fingerprint density at radius 2 is 1.71 bits per heavy atom. The average Bonchev–Trinajstić information content (AvgIpc) is 3.45. The molecule has 2 saturated carbocycles. The van der Waals surface area contributed by atoms with Crippen LogP contribution in [0, 0.1) is 10.1 Å². The molecule has 2 aliphatic carbocycles. The first-order valence-corrected chi connectivity index (χ1v) is 10.9. The molecule has 4 rings (SSSR count). The first-order valence-electron chi connectivity index (χ1n) is 10.9. The van der Waals surface area contributed by atoms with Crippen LogP contribution >= 0.6 is 0 Å². The van der Waals surface area contributed by atoms with Gasteiger partial charge in [-0.05, 0) is 62.6 Å². The molecule has 0 aliphatic heterocycles. The van der Waals surface area contributed by atoms with Crippen LogP contribution in [0.25, 0.3) is 0 Å². The van der Waals surface area contributed by atoms with Crippen molar-refractivity contribution in [3.63, 3.8) is 0 Å². The molecule has 0 amide bonds. The second-order valence-corrected chi connectivity index (χ2v) is 8.17. The lowest BCUT2D eigenvalue weighted by atomic mass is 10.1. The number of nitrogens with zero attached hydrogens (tertiary/aromatic N) is 1. The normalized spacial score (nSPS) is 21.2. The van der Waals surface area contributed by atoms with Crippen LogP contribution in [0.2, 0.25) is 0 Å². The molecule has 2 aromatic carbocycles. The summed E-state index contributed by atoms with van der Waals surface area (Å²) >= 11 is 0. The van der Waals surface area contributed by atoms with Gasteiger partial charge in [0.15, 0.2) is 0 Å². The fourth-order valence-corrected chi connectivity index (χ4v) is 4.30. The van der Waals surface area contributed by atoms with E-state index in [9.17, 15) is 14.9 Å². The minimum Gasteiger partial charge on any atom is -0.487 e. The zero-order chi connectivity index (χ0) is 21.6. The molecule has 31 heavy (non-hydrogen) atoms. The minimum atomic E-state index is -0.643. The lowest BCUT2D eigenvalue weighted by molar-refractivity contribution is -0.385. The first-order chi connectivity index (χ1) is 15.1. The summed E-state index contributed by atoms with van der Waals surface area (Å²) in [7, 11) is 0. The molecular weight excluding hydrogens is 398 g/mol. The SMILES string of the molecule is O=C(OC1CCCC1)c1ccc(OC2CCCC2OCc2ccccc2)cc1[N+](=O)[O-]. The Hall–Kier alpha value is -2.93.